The summed E-state index contributed by atoms with van der Waals surface area (Å²) in [5.74, 6) is -8.38. The Labute approximate surface area is 375 Å². The summed E-state index contributed by atoms with van der Waals surface area (Å²) in [5, 5.41) is -10.4. The van der Waals surface area contributed by atoms with Crippen molar-refractivity contribution in [2.45, 2.75) is 49.0 Å². The Morgan fingerprint density at radius 1 is 0.652 bits per heavy atom. The van der Waals surface area contributed by atoms with Crippen LogP contribution in [0, 0.1) is 27.7 Å². The fraction of sp³-hybridized carbons (Fsp3) is 0.152. The zero-order valence-electron chi connectivity index (χ0n) is 34.9. The molecule has 0 aromatic heterocycles. The highest BCUT2D eigenvalue weighted by Gasteiger charge is 2.84. The Bertz CT molecular complexity index is 3410. The topological polar surface area (TPSA) is 158 Å². The molecule has 5 aromatic rings. The molecule has 0 radical (unpaired) electrons. The number of anilines is 2. The van der Waals surface area contributed by atoms with Crippen LogP contribution < -0.4 is 14.9 Å². The van der Waals surface area contributed by atoms with Gasteiger partial charge in [0.05, 0.1) is 11.0 Å². The van der Waals surface area contributed by atoms with Crippen molar-refractivity contribution < 1.29 is 63.8 Å². The van der Waals surface area contributed by atoms with Gasteiger partial charge in [0.1, 0.15) is 22.0 Å². The fourth-order valence-corrected chi connectivity index (χ4v) is 10.7. The average Bonchev–Trinajstić information content (AvgIpc) is 3.25. The molecule has 344 valence electrons. The van der Waals surface area contributed by atoms with Crippen LogP contribution in [0.25, 0.3) is 39.5 Å². The van der Waals surface area contributed by atoms with Crippen LogP contribution in [0.2, 0.25) is 0 Å². The second-order valence-corrected chi connectivity index (χ2v) is 19.9. The van der Waals surface area contributed by atoms with Gasteiger partial charge in [0.25, 0.3) is 0 Å². The number of rotatable bonds is 14. The van der Waals surface area contributed by atoms with E-state index in [2.05, 4.69) is 19.7 Å². The average molecular weight is 971 g/mol. The van der Waals surface area contributed by atoms with Crippen LogP contribution in [-0.4, -0.2) is 41.7 Å². The van der Waals surface area contributed by atoms with Gasteiger partial charge in [-0.05, 0) is 98.0 Å². The molecule has 7 rings (SSSR count). The third kappa shape index (κ3) is 8.44. The molecule has 1 heterocycles. The highest BCUT2D eigenvalue weighted by Crippen LogP contribution is 2.52. The molecular weight excluding hydrogens is 935 g/mol. The maximum Gasteiger partial charge on any atom is 0.450 e. The summed E-state index contributed by atoms with van der Waals surface area (Å²) in [6, 6.07) is 28.1. The van der Waals surface area contributed by atoms with Gasteiger partial charge in [0.2, 0.25) is 0 Å². The predicted molar refractivity (Wildman–Crippen MR) is 237 cm³/mol. The Morgan fingerprint density at radius 3 is 1.86 bits per heavy atom. The van der Waals surface area contributed by atoms with Crippen molar-refractivity contribution in [3.05, 3.63) is 161 Å². The SMILES string of the molecule is C=Cc1ccc(OS(=O)(=O)C(F)(F)C(F)(F)C(F)(F)S(=O)(=O)OS(=O)(=O)c2ccccc2-c2c3ccc(=Nc4c(C)cccc4C)cc-3oc3cc(Nc4c(C)cccc4C)ccc23)cc1. The van der Waals surface area contributed by atoms with Gasteiger partial charge in [-0.1, -0.05) is 79.4 Å². The standard InChI is InChI=1S/C46H36F6N2O9S3/c1-6-31-17-21-34(22-18-31)62-65(57,58)45(49,50)44(47,48)46(51,52)66(59,60)63-64(55,56)40-16-8-7-15-37(40)41-35-23-19-32(53-42-27(2)11-9-12-28(42)3)25-38(35)61-39-26-33(20-24-36(39)41)54-43-29(4)13-10-14-30(43)5/h6-26,53H,1H2,2-5H3. The zero-order chi connectivity index (χ0) is 48.2. The summed E-state index contributed by atoms with van der Waals surface area (Å²) in [4.78, 5) is 3.58. The number of hydrogen-bond donors (Lipinski definition) is 1. The zero-order valence-corrected chi connectivity index (χ0v) is 37.4. The van der Waals surface area contributed by atoms with E-state index in [0.29, 0.717) is 34.9 Å². The van der Waals surface area contributed by atoms with Crippen molar-refractivity contribution in [1.29, 1.82) is 0 Å². The number of fused-ring (bicyclic) bond motifs is 2. The van der Waals surface area contributed by atoms with Gasteiger partial charge >= 0.3 is 46.8 Å². The molecule has 0 amide bonds. The molecule has 0 unspecified atom stereocenters. The highest BCUT2D eigenvalue weighted by atomic mass is 32.3. The van der Waals surface area contributed by atoms with E-state index >= 15 is 26.3 Å². The molecule has 0 fully saturated rings. The number of para-hydroxylation sites is 2. The normalized spacial score (nSPS) is 13.3. The largest absolute Gasteiger partial charge is 0.456 e. The molecule has 0 saturated carbocycles. The van der Waals surface area contributed by atoms with Crippen LogP contribution in [0.3, 0.4) is 0 Å². The Kier molecular flexibility index (Phi) is 12.3. The molecule has 1 aliphatic heterocycles. The quantitative estimate of drug-likeness (QED) is 0.0631. The van der Waals surface area contributed by atoms with Gasteiger partial charge in [0, 0.05) is 45.6 Å². The van der Waals surface area contributed by atoms with E-state index in [1.807, 2.05) is 64.1 Å². The van der Waals surface area contributed by atoms with Gasteiger partial charge < -0.3 is 13.9 Å². The number of hydrogen-bond acceptors (Lipinski definition) is 11. The maximum atomic E-state index is 15.5. The van der Waals surface area contributed by atoms with Crippen LogP contribution in [0.15, 0.2) is 142 Å². The first kappa shape index (κ1) is 47.5. The van der Waals surface area contributed by atoms with E-state index in [9.17, 15) is 25.3 Å². The molecular formula is C46H36F6N2O9S3. The summed E-state index contributed by atoms with van der Waals surface area (Å²) in [6.45, 7) is 10.9. The van der Waals surface area contributed by atoms with Crippen LogP contribution in [0.5, 0.6) is 5.75 Å². The van der Waals surface area contributed by atoms with Crippen molar-refractivity contribution in [2.75, 3.05) is 5.32 Å². The minimum Gasteiger partial charge on any atom is -0.456 e. The monoisotopic (exact) mass is 970 g/mol. The second-order valence-electron chi connectivity index (χ2n) is 15.0. The molecule has 0 atom stereocenters. The summed E-state index contributed by atoms with van der Waals surface area (Å²) >= 11 is 0. The minimum atomic E-state index is -7.74. The Hall–Kier alpha value is -6.48. The van der Waals surface area contributed by atoms with Gasteiger partial charge in [-0.3, -0.25) is 0 Å². The summed E-state index contributed by atoms with van der Waals surface area (Å²) in [7, 11) is -21.1. The molecule has 20 heteroatoms. The molecule has 2 aliphatic rings. The van der Waals surface area contributed by atoms with Crippen molar-refractivity contribution in [2.24, 2.45) is 4.99 Å². The number of nitrogens with one attached hydrogen (secondary N) is 1. The van der Waals surface area contributed by atoms with E-state index in [4.69, 9.17) is 9.41 Å². The molecule has 1 aliphatic carbocycles. The summed E-state index contributed by atoms with van der Waals surface area (Å²) < 4.78 is 184. The smallest absolute Gasteiger partial charge is 0.450 e. The number of benzene rings is 6. The van der Waals surface area contributed by atoms with Gasteiger partial charge in [-0.25, -0.2) is 4.99 Å². The van der Waals surface area contributed by atoms with Crippen molar-refractivity contribution in [1.82, 2.24) is 0 Å². The fourth-order valence-electron chi connectivity index (χ4n) is 6.99. The molecule has 0 bridgehead atoms. The highest BCUT2D eigenvalue weighted by molar-refractivity contribution is 8.00. The summed E-state index contributed by atoms with van der Waals surface area (Å²) in [6.07, 6.45) is 1.22. The predicted octanol–water partition coefficient (Wildman–Crippen LogP) is 11.3. The van der Waals surface area contributed by atoms with Crippen LogP contribution in [0.4, 0.5) is 43.4 Å². The molecule has 5 aromatic carbocycles. The Balaban J connectivity index is 1.35. The van der Waals surface area contributed by atoms with E-state index in [1.165, 1.54) is 30.3 Å². The van der Waals surface area contributed by atoms with Crippen LogP contribution in [0.1, 0.15) is 27.8 Å². The first-order chi connectivity index (χ1) is 30.8. The van der Waals surface area contributed by atoms with Gasteiger partial charge in [0.15, 0.2) is 0 Å². The molecule has 1 N–H and O–H groups in total. The number of alkyl halides is 6. The first-order valence-electron chi connectivity index (χ1n) is 19.4. The van der Waals surface area contributed by atoms with Crippen molar-refractivity contribution in [3.63, 3.8) is 0 Å². The van der Waals surface area contributed by atoms with E-state index in [-0.39, 0.29) is 33.4 Å². The first-order valence-corrected chi connectivity index (χ1v) is 23.6. The van der Waals surface area contributed by atoms with Gasteiger partial charge in [-0.2, -0.15) is 51.6 Å². The van der Waals surface area contributed by atoms with E-state index < -0.39 is 63.0 Å². The third-order valence-corrected chi connectivity index (χ3v) is 14.9. The van der Waals surface area contributed by atoms with Crippen LogP contribution >= 0.6 is 0 Å². The Morgan fingerprint density at radius 2 is 1.24 bits per heavy atom. The lowest BCUT2D eigenvalue weighted by atomic mass is 9.93. The second kappa shape index (κ2) is 17.1. The minimum absolute atomic E-state index is 0.0170. The van der Waals surface area contributed by atoms with Crippen molar-refractivity contribution in [3.8, 4) is 28.2 Å². The number of aryl methyl sites for hydroxylation is 4. The van der Waals surface area contributed by atoms with Crippen LogP contribution in [-0.2, 0) is 34.0 Å². The van der Waals surface area contributed by atoms with E-state index in [0.717, 1.165) is 52.2 Å². The lowest BCUT2D eigenvalue weighted by Crippen LogP contribution is -2.61. The molecule has 66 heavy (non-hydrogen) atoms. The van der Waals surface area contributed by atoms with E-state index in [1.54, 1.807) is 18.2 Å². The van der Waals surface area contributed by atoms with Gasteiger partial charge in [-0.15, -0.1) is 3.63 Å². The molecule has 0 spiro atoms. The molecule has 0 saturated heterocycles. The number of nitrogens with zero attached hydrogens (tertiary/aromatic N) is 1. The lowest BCUT2D eigenvalue weighted by molar-refractivity contribution is -0.246. The summed E-state index contributed by atoms with van der Waals surface area (Å²) in [5.41, 5.74) is 5.49. The lowest BCUT2D eigenvalue weighted by Gasteiger charge is -2.30. The maximum absolute atomic E-state index is 15.5. The molecule has 11 nitrogen and oxygen atoms in total. The van der Waals surface area contributed by atoms with Crippen molar-refractivity contribution >= 4 is 64.5 Å². The number of halogens is 6. The third-order valence-electron chi connectivity index (χ3n) is 10.4.